The molecule has 1 fully saturated rings. The quantitative estimate of drug-likeness (QED) is 0.0352. The number of nitrogen functional groups attached to an aromatic ring is 1. The van der Waals surface area contributed by atoms with Crippen LogP contribution in [0.25, 0.3) is 11.2 Å². The lowest BCUT2D eigenvalue weighted by Crippen LogP contribution is -2.46. The number of nitrogens with one attached hydrogen (secondary N) is 2. The number of hydrogen-bond acceptors (Lipinski definition) is 18. The molecule has 278 valence electrons. The number of anilines is 1. The molecule has 28 heteroatoms. The fourth-order valence-corrected chi connectivity index (χ4v) is 7.47. The Morgan fingerprint density at radius 2 is 1.80 bits per heavy atom. The Morgan fingerprint density at radius 1 is 1.12 bits per heavy atom. The van der Waals surface area contributed by atoms with Gasteiger partial charge in [-0.25, -0.2) is 28.6 Å². The van der Waals surface area contributed by atoms with E-state index in [1.165, 1.54) is 24.6 Å². The Kier molecular flexibility index (Phi) is 14.6. The average Bonchev–Trinajstić information content (AvgIpc) is 3.55. The molecule has 0 aliphatic carbocycles. The molecule has 2 aromatic rings. The monoisotopic (exact) mass is 799 g/mol. The Morgan fingerprint density at radius 3 is 2.45 bits per heavy atom. The number of nitrogens with two attached hydrogens (primary N) is 1. The second-order valence-corrected chi connectivity index (χ2v) is 16.6. The van der Waals surface area contributed by atoms with Gasteiger partial charge in [-0.3, -0.25) is 27.7 Å². The molecule has 1 aliphatic rings. The van der Waals surface area contributed by atoms with Crippen LogP contribution < -0.4 is 16.4 Å². The van der Waals surface area contributed by atoms with E-state index in [4.69, 9.17) is 19.5 Å². The molecule has 2 aromatic heterocycles. The number of amides is 2. The van der Waals surface area contributed by atoms with Crippen molar-refractivity contribution in [3.8, 4) is 0 Å². The lowest BCUT2D eigenvalue weighted by Gasteiger charge is -2.30. The second-order valence-electron chi connectivity index (χ2n) is 10.9. The van der Waals surface area contributed by atoms with Gasteiger partial charge in [-0.1, -0.05) is 24.6 Å². The molecule has 7 atom stereocenters. The molecule has 0 spiro atoms. The Labute approximate surface area is 286 Å². The molecule has 2 amide bonds. The van der Waals surface area contributed by atoms with E-state index in [1.807, 2.05) is 0 Å². The number of phosphoric ester groups is 3. The molecular formula is C21H36N7O16P3S2. The number of ether oxygens (including phenoxy) is 1. The van der Waals surface area contributed by atoms with Crippen molar-refractivity contribution in [1.82, 2.24) is 30.2 Å². The van der Waals surface area contributed by atoms with Gasteiger partial charge in [0.1, 0.15) is 36.3 Å². The van der Waals surface area contributed by atoms with E-state index in [1.54, 1.807) is 0 Å². The molecule has 0 aromatic carbocycles. The number of hydrogen-bond donors (Lipinski definition) is 10. The van der Waals surface area contributed by atoms with Gasteiger partial charge >= 0.3 is 23.5 Å². The maximum atomic E-state index is 12.6. The summed E-state index contributed by atoms with van der Waals surface area (Å²) in [5, 5.41) is 26.2. The van der Waals surface area contributed by atoms with Crippen molar-refractivity contribution in [2.45, 2.75) is 50.9 Å². The minimum absolute atomic E-state index is 0.0363. The van der Waals surface area contributed by atoms with Crippen LogP contribution in [-0.4, -0.2) is 118 Å². The summed E-state index contributed by atoms with van der Waals surface area (Å²) >= 11 is 3.94. The van der Waals surface area contributed by atoms with Gasteiger partial charge in [-0.05, 0) is 0 Å². The molecule has 23 nitrogen and oxygen atoms in total. The Bertz CT molecular complexity index is 1620. The van der Waals surface area contributed by atoms with Crippen molar-refractivity contribution in [3.63, 3.8) is 0 Å². The van der Waals surface area contributed by atoms with Crippen molar-refractivity contribution in [3.05, 3.63) is 12.7 Å². The molecular weight excluding hydrogens is 763 g/mol. The van der Waals surface area contributed by atoms with Crippen molar-refractivity contribution in [2.75, 3.05) is 37.8 Å². The van der Waals surface area contributed by atoms with Crippen LogP contribution in [0.1, 0.15) is 26.5 Å². The molecule has 2 unspecified atom stereocenters. The molecule has 0 radical (unpaired) electrons. The van der Waals surface area contributed by atoms with Gasteiger partial charge in [0.15, 0.2) is 17.7 Å². The second kappa shape index (κ2) is 17.2. The van der Waals surface area contributed by atoms with Crippen LogP contribution in [0.3, 0.4) is 0 Å². The van der Waals surface area contributed by atoms with E-state index in [9.17, 15) is 53.1 Å². The number of thiol groups is 1. The number of rotatable bonds is 19. The number of imidazole rings is 1. The van der Waals surface area contributed by atoms with E-state index >= 15 is 0 Å². The predicted molar refractivity (Wildman–Crippen MR) is 171 cm³/mol. The Balaban J connectivity index is 1.59. The lowest BCUT2D eigenvalue weighted by atomic mass is 9.87. The maximum absolute atomic E-state index is 12.6. The van der Waals surface area contributed by atoms with Gasteiger partial charge < -0.3 is 50.9 Å². The van der Waals surface area contributed by atoms with Crippen LogP contribution in [0.5, 0.6) is 0 Å². The number of aliphatic hydroxyl groups is 2. The van der Waals surface area contributed by atoms with Gasteiger partial charge in [-0.15, -0.1) is 11.7 Å². The zero-order valence-corrected chi connectivity index (χ0v) is 30.0. The van der Waals surface area contributed by atoms with Crippen molar-refractivity contribution >= 4 is 74.7 Å². The molecule has 3 rings (SSSR count). The highest BCUT2D eigenvalue weighted by atomic mass is 33.1. The van der Waals surface area contributed by atoms with Crippen LogP contribution >= 0.6 is 45.9 Å². The van der Waals surface area contributed by atoms with Gasteiger partial charge in [0.2, 0.25) is 11.8 Å². The third-order valence-electron chi connectivity index (χ3n) is 6.59. The first-order chi connectivity index (χ1) is 22.7. The van der Waals surface area contributed by atoms with Crippen molar-refractivity contribution < 1.29 is 75.7 Å². The maximum Gasteiger partial charge on any atom is 0.481 e. The van der Waals surface area contributed by atoms with E-state index in [-0.39, 0.29) is 35.9 Å². The highest BCUT2D eigenvalue weighted by Crippen LogP contribution is 2.61. The summed E-state index contributed by atoms with van der Waals surface area (Å²) in [6, 6.07) is 0. The van der Waals surface area contributed by atoms with E-state index in [0.717, 1.165) is 17.2 Å². The molecule has 49 heavy (non-hydrogen) atoms. The third kappa shape index (κ3) is 12.2. The topological polar surface area (TPSA) is 347 Å². The highest BCUT2D eigenvalue weighted by Gasteiger charge is 2.50. The first kappa shape index (κ1) is 41.7. The lowest BCUT2D eigenvalue weighted by molar-refractivity contribution is -0.137. The molecule has 10 N–H and O–H groups in total. The number of carbonyl (C=O) groups is 2. The van der Waals surface area contributed by atoms with Crippen LogP contribution in [0.15, 0.2) is 12.7 Å². The Hall–Kier alpha value is -1.76. The molecule has 1 aliphatic heterocycles. The number of fused-ring (bicyclic) bond motifs is 1. The number of phosphoric acid groups is 3. The zero-order chi connectivity index (χ0) is 36.8. The SMILES string of the molecule is CC(C)(COP(=O)(O)OP(=O)(O)OC[C@@H]1O[C@@H](n2cnc3c(N)ncnc32)[C@H](O)[C@H]1OP(=O)(O)O)[C@@H](O)C(=O)NCCC(=O)NCCSS. The highest BCUT2D eigenvalue weighted by molar-refractivity contribution is 8.68. The number of aliphatic hydroxyl groups excluding tert-OH is 2. The molecule has 0 saturated carbocycles. The average molecular weight is 800 g/mol. The standard InChI is InChI=1S/C21H36N7O16P3S2/c1-21(2,16(31)19(32)24-4-3-12(29)23-5-6-49-48)8-41-47(38,39)44-46(36,37)40-7-11-15(43-45(33,34)35)14(30)20(42-11)28-10-27-13-17(22)25-9-26-18(13)28/h9-11,14-16,20,30-31,48H,3-8H2,1-2H3,(H,23,29)(H,24,32)(H,36,37)(H,38,39)(H2,22,25,26)(H2,33,34,35)/t11-,14+,15-,16-,20+/m0/s1. The minimum Gasteiger partial charge on any atom is -0.386 e. The summed E-state index contributed by atoms with van der Waals surface area (Å²) in [6.07, 6.45) is -6.74. The fourth-order valence-electron chi connectivity index (χ4n) is 4.18. The van der Waals surface area contributed by atoms with Crippen LogP contribution in [0.4, 0.5) is 5.82 Å². The summed E-state index contributed by atoms with van der Waals surface area (Å²) in [4.78, 5) is 74.8. The van der Waals surface area contributed by atoms with Gasteiger partial charge in [-0.2, -0.15) is 4.31 Å². The number of carbonyl (C=O) groups excluding carboxylic acids is 2. The number of nitrogens with zero attached hydrogens (tertiary/aromatic N) is 4. The van der Waals surface area contributed by atoms with Crippen molar-refractivity contribution in [1.29, 1.82) is 0 Å². The minimum atomic E-state index is -5.54. The summed E-state index contributed by atoms with van der Waals surface area (Å²) in [7, 11) is -15.1. The zero-order valence-electron chi connectivity index (χ0n) is 25.6. The largest absolute Gasteiger partial charge is 0.481 e. The molecule has 3 heterocycles. The summed E-state index contributed by atoms with van der Waals surface area (Å²) < 4.78 is 61.8. The summed E-state index contributed by atoms with van der Waals surface area (Å²) in [6.45, 7) is 0.775. The molecule has 1 saturated heterocycles. The van der Waals surface area contributed by atoms with Crippen molar-refractivity contribution in [2.24, 2.45) is 5.41 Å². The van der Waals surface area contributed by atoms with Gasteiger partial charge in [0, 0.05) is 30.7 Å². The van der Waals surface area contributed by atoms with Crippen LogP contribution in [-0.2, 0) is 45.9 Å². The predicted octanol–water partition coefficient (Wildman–Crippen LogP) is -1.02. The first-order valence-electron chi connectivity index (χ1n) is 13.8. The smallest absolute Gasteiger partial charge is 0.386 e. The summed E-state index contributed by atoms with van der Waals surface area (Å²) in [5.41, 5.74) is 4.30. The van der Waals surface area contributed by atoms with E-state index in [2.05, 4.69) is 46.1 Å². The third-order valence-corrected chi connectivity index (χ3v) is 10.6. The van der Waals surface area contributed by atoms with Crippen LogP contribution in [0, 0.1) is 5.41 Å². The van der Waals surface area contributed by atoms with Crippen LogP contribution in [0.2, 0.25) is 0 Å². The number of aromatic nitrogens is 4. The van der Waals surface area contributed by atoms with E-state index in [0.29, 0.717) is 12.3 Å². The van der Waals surface area contributed by atoms with Gasteiger partial charge in [0.25, 0.3) is 0 Å². The fraction of sp³-hybridized carbons (Fsp3) is 0.667. The summed E-state index contributed by atoms with van der Waals surface area (Å²) in [5.74, 6) is -0.774. The molecule has 0 bridgehead atoms. The normalized spacial score (nSPS) is 23.1. The van der Waals surface area contributed by atoms with E-state index < -0.39 is 78.6 Å². The van der Waals surface area contributed by atoms with Gasteiger partial charge in [0.05, 0.1) is 19.5 Å². The first-order valence-corrected chi connectivity index (χ1v) is 20.4.